The quantitative estimate of drug-likeness (QED) is 0.386. The van der Waals surface area contributed by atoms with Gasteiger partial charge in [0.25, 0.3) is 17.2 Å². The van der Waals surface area contributed by atoms with Crippen molar-refractivity contribution in [1.29, 1.82) is 0 Å². The van der Waals surface area contributed by atoms with Crippen molar-refractivity contribution in [2.45, 2.75) is 33.7 Å². The fraction of sp³-hybridized carbons (Fsp3) is 0.292. The van der Waals surface area contributed by atoms with E-state index in [4.69, 9.17) is 5.73 Å². The van der Waals surface area contributed by atoms with E-state index in [0.717, 1.165) is 10.5 Å². The summed E-state index contributed by atoms with van der Waals surface area (Å²) >= 11 is 0. The number of nitrogen functional groups attached to an aromatic ring is 1. The van der Waals surface area contributed by atoms with E-state index in [1.807, 2.05) is 19.9 Å². The normalized spacial score (nSPS) is 10.9. The number of hydrogen-bond acceptors (Lipinski definition) is 6. The van der Waals surface area contributed by atoms with Crippen molar-refractivity contribution in [3.63, 3.8) is 0 Å². The average Bonchev–Trinajstić information content (AvgIpc) is 2.78. The molecule has 3 aromatic rings. The zero-order valence-electron chi connectivity index (χ0n) is 19.3. The van der Waals surface area contributed by atoms with Crippen LogP contribution in [-0.2, 0) is 6.54 Å². The SMILES string of the molecule is Cc1cccc(C(=O)N(CCC(C)C)c2c(N)n(Cc3ccccc3)c(=O)[nH]c2=O)c1[N+](=O)[O-]. The van der Waals surface area contributed by atoms with Crippen molar-refractivity contribution in [3.05, 3.63) is 96.2 Å². The molecule has 0 unspecified atom stereocenters. The first-order valence-electron chi connectivity index (χ1n) is 10.8. The molecule has 1 heterocycles. The first-order valence-corrected chi connectivity index (χ1v) is 10.8. The standard InChI is InChI=1S/C24H27N5O5/c1-15(2)12-13-27(23(31)18-11-7-8-16(3)19(18)29(33)34)20-21(25)28(24(32)26-22(20)30)14-17-9-5-4-6-10-17/h4-11,15H,12-14,25H2,1-3H3,(H,26,30,32). The van der Waals surface area contributed by atoms with Crippen LogP contribution in [0.3, 0.4) is 0 Å². The van der Waals surface area contributed by atoms with Gasteiger partial charge in [0.15, 0.2) is 5.69 Å². The third kappa shape index (κ3) is 5.06. The molecule has 3 rings (SSSR count). The Labute approximate surface area is 195 Å². The summed E-state index contributed by atoms with van der Waals surface area (Å²) < 4.78 is 1.17. The van der Waals surface area contributed by atoms with Crippen molar-refractivity contribution >= 4 is 23.1 Å². The minimum Gasteiger partial charge on any atom is -0.383 e. The molecule has 1 aromatic heterocycles. The van der Waals surface area contributed by atoms with Gasteiger partial charge in [0.1, 0.15) is 11.4 Å². The molecule has 0 aliphatic rings. The van der Waals surface area contributed by atoms with Crippen LogP contribution in [0, 0.1) is 23.0 Å². The van der Waals surface area contributed by atoms with E-state index >= 15 is 0 Å². The van der Waals surface area contributed by atoms with Gasteiger partial charge in [-0.15, -0.1) is 0 Å². The number of nitrogens with two attached hydrogens (primary N) is 1. The first kappa shape index (κ1) is 24.4. The molecule has 0 aliphatic heterocycles. The van der Waals surface area contributed by atoms with Crippen LogP contribution >= 0.6 is 0 Å². The third-order valence-corrected chi connectivity index (χ3v) is 5.49. The fourth-order valence-electron chi connectivity index (χ4n) is 3.68. The Hall–Kier alpha value is -4.21. The zero-order valence-corrected chi connectivity index (χ0v) is 19.3. The Kier molecular flexibility index (Phi) is 7.30. The van der Waals surface area contributed by atoms with Crippen LogP contribution in [0.5, 0.6) is 0 Å². The Morgan fingerprint density at radius 3 is 2.44 bits per heavy atom. The molecule has 34 heavy (non-hydrogen) atoms. The molecule has 0 fully saturated rings. The van der Waals surface area contributed by atoms with Crippen LogP contribution in [0.4, 0.5) is 17.2 Å². The molecule has 1 amide bonds. The third-order valence-electron chi connectivity index (χ3n) is 5.49. The summed E-state index contributed by atoms with van der Waals surface area (Å²) in [4.78, 5) is 53.5. The minimum atomic E-state index is -0.834. The lowest BCUT2D eigenvalue weighted by Gasteiger charge is -2.25. The lowest BCUT2D eigenvalue weighted by atomic mass is 10.1. The number of para-hydroxylation sites is 1. The number of aromatic amines is 1. The van der Waals surface area contributed by atoms with E-state index in [-0.39, 0.29) is 41.8 Å². The van der Waals surface area contributed by atoms with Crippen LogP contribution in [0.1, 0.15) is 41.8 Å². The molecule has 0 aliphatic carbocycles. The highest BCUT2D eigenvalue weighted by atomic mass is 16.6. The largest absolute Gasteiger partial charge is 0.383 e. The number of nitrogens with zero attached hydrogens (tertiary/aromatic N) is 3. The average molecular weight is 466 g/mol. The molecule has 0 radical (unpaired) electrons. The van der Waals surface area contributed by atoms with E-state index in [9.17, 15) is 24.5 Å². The molecule has 10 nitrogen and oxygen atoms in total. The highest BCUT2D eigenvalue weighted by Crippen LogP contribution is 2.28. The highest BCUT2D eigenvalue weighted by molar-refractivity contribution is 6.10. The predicted molar refractivity (Wildman–Crippen MR) is 130 cm³/mol. The second-order valence-corrected chi connectivity index (χ2v) is 8.43. The number of nitrogens with one attached hydrogen (secondary N) is 1. The van der Waals surface area contributed by atoms with Crippen LogP contribution in [-0.4, -0.2) is 26.9 Å². The Balaban J connectivity index is 2.19. The highest BCUT2D eigenvalue weighted by Gasteiger charge is 2.30. The molecule has 10 heteroatoms. The maximum Gasteiger partial charge on any atom is 0.330 e. The van der Waals surface area contributed by atoms with Crippen LogP contribution in [0.15, 0.2) is 58.1 Å². The number of hydrogen-bond donors (Lipinski definition) is 2. The number of carbonyl (C=O) groups is 1. The van der Waals surface area contributed by atoms with Gasteiger partial charge in [0, 0.05) is 12.1 Å². The summed E-state index contributed by atoms with van der Waals surface area (Å²) in [7, 11) is 0. The second-order valence-electron chi connectivity index (χ2n) is 8.43. The second kappa shape index (κ2) is 10.2. The molecule has 0 atom stereocenters. The maximum absolute atomic E-state index is 13.6. The lowest BCUT2D eigenvalue weighted by Crippen LogP contribution is -2.42. The minimum absolute atomic E-state index is 0.0755. The summed E-state index contributed by atoms with van der Waals surface area (Å²) in [6.45, 7) is 5.59. The van der Waals surface area contributed by atoms with E-state index in [1.54, 1.807) is 30.3 Å². The van der Waals surface area contributed by atoms with Crippen molar-refractivity contribution in [1.82, 2.24) is 9.55 Å². The molecule has 0 bridgehead atoms. The Morgan fingerprint density at radius 1 is 1.15 bits per heavy atom. The van der Waals surface area contributed by atoms with Crippen LogP contribution in [0.2, 0.25) is 0 Å². The van der Waals surface area contributed by atoms with Gasteiger partial charge in [-0.05, 0) is 30.9 Å². The van der Waals surface area contributed by atoms with Gasteiger partial charge in [-0.3, -0.25) is 29.3 Å². The van der Waals surface area contributed by atoms with Crippen LogP contribution < -0.4 is 21.9 Å². The van der Waals surface area contributed by atoms with Crippen LogP contribution in [0.25, 0.3) is 0 Å². The van der Waals surface area contributed by atoms with Gasteiger partial charge in [-0.1, -0.05) is 56.3 Å². The number of nitro benzene ring substituents is 1. The predicted octanol–water partition coefficient (Wildman–Crippen LogP) is 3.08. The summed E-state index contributed by atoms with van der Waals surface area (Å²) in [5.41, 5.74) is 5.12. The van der Waals surface area contributed by atoms with Crippen molar-refractivity contribution < 1.29 is 9.72 Å². The molecule has 3 N–H and O–H groups in total. The Bertz CT molecular complexity index is 1330. The van der Waals surface area contributed by atoms with Crippen molar-refractivity contribution in [3.8, 4) is 0 Å². The molecule has 0 saturated carbocycles. The van der Waals surface area contributed by atoms with Gasteiger partial charge in [0.2, 0.25) is 0 Å². The number of amides is 1. The summed E-state index contributed by atoms with van der Waals surface area (Å²) in [5.74, 6) is -0.762. The number of anilines is 2. The number of benzene rings is 2. The molecular formula is C24H27N5O5. The zero-order chi connectivity index (χ0) is 25.0. The van der Waals surface area contributed by atoms with Gasteiger partial charge in [-0.2, -0.15) is 0 Å². The van der Waals surface area contributed by atoms with Gasteiger partial charge < -0.3 is 10.6 Å². The number of aromatic nitrogens is 2. The Morgan fingerprint density at radius 2 is 1.82 bits per heavy atom. The monoisotopic (exact) mass is 465 g/mol. The molecule has 178 valence electrons. The molecular weight excluding hydrogens is 438 g/mol. The summed E-state index contributed by atoms with van der Waals surface area (Å²) in [5, 5.41) is 11.7. The van der Waals surface area contributed by atoms with Gasteiger partial charge >= 0.3 is 5.69 Å². The van der Waals surface area contributed by atoms with Gasteiger partial charge in [0.05, 0.1) is 11.5 Å². The first-order chi connectivity index (χ1) is 16.1. The van der Waals surface area contributed by atoms with E-state index in [0.29, 0.717) is 12.0 Å². The molecule has 0 saturated heterocycles. The number of H-pyrrole nitrogens is 1. The number of rotatable bonds is 8. The van der Waals surface area contributed by atoms with Gasteiger partial charge in [-0.25, -0.2) is 4.79 Å². The molecule has 0 spiro atoms. The fourth-order valence-corrected chi connectivity index (χ4v) is 3.68. The number of nitro groups is 1. The van der Waals surface area contributed by atoms with E-state index in [1.165, 1.54) is 23.6 Å². The lowest BCUT2D eigenvalue weighted by molar-refractivity contribution is -0.385. The number of aryl methyl sites for hydroxylation is 1. The molecule has 2 aromatic carbocycles. The summed E-state index contributed by atoms with van der Waals surface area (Å²) in [6, 6.07) is 13.5. The van der Waals surface area contributed by atoms with Crippen molar-refractivity contribution in [2.24, 2.45) is 5.92 Å². The maximum atomic E-state index is 13.6. The smallest absolute Gasteiger partial charge is 0.330 e. The van der Waals surface area contributed by atoms with E-state index < -0.39 is 22.1 Å². The van der Waals surface area contributed by atoms with E-state index in [2.05, 4.69) is 4.98 Å². The topological polar surface area (TPSA) is 144 Å². The summed E-state index contributed by atoms with van der Waals surface area (Å²) in [6.07, 6.45) is 0.502. The van der Waals surface area contributed by atoms with Crippen molar-refractivity contribution in [2.75, 3.05) is 17.2 Å². The number of carbonyl (C=O) groups excluding carboxylic acids is 1.